The van der Waals surface area contributed by atoms with Gasteiger partial charge in [0, 0.05) is 23.4 Å². The van der Waals surface area contributed by atoms with Gasteiger partial charge < -0.3 is 16.0 Å². The van der Waals surface area contributed by atoms with Gasteiger partial charge in [0.1, 0.15) is 0 Å². The van der Waals surface area contributed by atoms with Crippen LogP contribution in [0.15, 0.2) is 24.3 Å². The van der Waals surface area contributed by atoms with Crippen molar-refractivity contribution < 1.29 is 9.72 Å². The van der Waals surface area contributed by atoms with Crippen molar-refractivity contribution in [3.05, 3.63) is 34.4 Å². The van der Waals surface area contributed by atoms with E-state index in [9.17, 15) is 14.9 Å². The van der Waals surface area contributed by atoms with Crippen molar-refractivity contribution in [3.63, 3.8) is 0 Å². The van der Waals surface area contributed by atoms with Crippen molar-refractivity contribution in [1.29, 1.82) is 0 Å². The zero-order valence-corrected chi connectivity index (χ0v) is 12.9. The van der Waals surface area contributed by atoms with Crippen LogP contribution in [0, 0.1) is 10.1 Å². The number of carbonyl (C=O) groups is 1. The maximum Gasteiger partial charge on any atom is 0.269 e. The second-order valence-corrected chi connectivity index (χ2v) is 5.82. The highest BCUT2D eigenvalue weighted by molar-refractivity contribution is 7.80. The summed E-state index contributed by atoms with van der Waals surface area (Å²) in [5.74, 6) is -0.171. The van der Waals surface area contributed by atoms with Crippen LogP contribution in [-0.2, 0) is 4.79 Å². The van der Waals surface area contributed by atoms with Gasteiger partial charge in [-0.25, -0.2) is 0 Å². The molecule has 0 spiro atoms. The van der Waals surface area contributed by atoms with Crippen LogP contribution >= 0.6 is 12.2 Å². The van der Waals surface area contributed by atoms with E-state index >= 15 is 0 Å². The zero-order chi connectivity index (χ0) is 16.0. The highest BCUT2D eigenvalue weighted by Gasteiger charge is 2.13. The summed E-state index contributed by atoms with van der Waals surface area (Å²) in [7, 11) is 0. The van der Waals surface area contributed by atoms with Crippen molar-refractivity contribution >= 4 is 34.6 Å². The van der Waals surface area contributed by atoms with E-state index in [-0.39, 0.29) is 28.8 Å². The van der Waals surface area contributed by atoms with E-state index in [4.69, 9.17) is 12.2 Å². The van der Waals surface area contributed by atoms with Crippen LogP contribution in [0.4, 0.5) is 11.4 Å². The Labute approximate surface area is 128 Å². The largest absolute Gasteiger partial charge is 0.353 e. The van der Waals surface area contributed by atoms with Gasteiger partial charge in [-0.2, -0.15) is 0 Å². The van der Waals surface area contributed by atoms with Gasteiger partial charge in [-0.05, 0) is 45.1 Å². The minimum Gasteiger partial charge on any atom is -0.353 e. The van der Waals surface area contributed by atoms with Gasteiger partial charge >= 0.3 is 0 Å². The molecule has 0 atom stereocenters. The number of benzene rings is 1. The number of nitro benzene ring substituents is 1. The first-order valence-electron chi connectivity index (χ1n) is 6.28. The molecule has 0 aliphatic rings. The van der Waals surface area contributed by atoms with Gasteiger partial charge in [-0.15, -0.1) is 0 Å². The van der Waals surface area contributed by atoms with E-state index in [1.807, 2.05) is 20.8 Å². The van der Waals surface area contributed by atoms with E-state index in [0.717, 1.165) is 0 Å². The van der Waals surface area contributed by atoms with E-state index in [0.29, 0.717) is 5.69 Å². The predicted octanol–water partition coefficient (Wildman–Crippen LogP) is 1.80. The first-order chi connectivity index (χ1) is 9.67. The molecule has 0 fully saturated rings. The van der Waals surface area contributed by atoms with Gasteiger partial charge in [0.2, 0.25) is 5.91 Å². The zero-order valence-electron chi connectivity index (χ0n) is 12.1. The molecule has 0 aromatic heterocycles. The summed E-state index contributed by atoms with van der Waals surface area (Å²) in [6, 6.07) is 5.83. The number of nitrogens with one attached hydrogen (secondary N) is 3. The molecule has 0 bridgehead atoms. The van der Waals surface area contributed by atoms with E-state index in [1.54, 1.807) is 12.1 Å². The quantitative estimate of drug-likeness (QED) is 0.446. The summed E-state index contributed by atoms with van der Waals surface area (Å²) >= 11 is 5.04. The Morgan fingerprint density at radius 3 is 2.33 bits per heavy atom. The average Bonchev–Trinajstić information content (AvgIpc) is 2.35. The highest BCUT2D eigenvalue weighted by Crippen LogP contribution is 2.15. The maximum atomic E-state index is 11.6. The fourth-order valence-corrected chi connectivity index (χ4v) is 1.65. The Kier molecular flexibility index (Phi) is 5.60. The third kappa shape index (κ3) is 6.66. The van der Waals surface area contributed by atoms with Gasteiger partial charge in [-0.1, -0.05) is 0 Å². The fraction of sp³-hybridized carbons (Fsp3) is 0.385. The van der Waals surface area contributed by atoms with Crippen molar-refractivity contribution in [3.8, 4) is 0 Å². The van der Waals surface area contributed by atoms with Gasteiger partial charge in [-0.3, -0.25) is 14.9 Å². The number of hydrogen-bond donors (Lipinski definition) is 3. The van der Waals surface area contributed by atoms with E-state index in [1.165, 1.54) is 12.1 Å². The number of non-ortho nitro benzene ring substituents is 1. The molecule has 8 heteroatoms. The number of anilines is 1. The first kappa shape index (κ1) is 16.8. The predicted molar refractivity (Wildman–Crippen MR) is 85.2 cm³/mol. The number of nitrogens with zero attached hydrogens (tertiary/aromatic N) is 1. The molecule has 0 saturated carbocycles. The van der Waals surface area contributed by atoms with Crippen molar-refractivity contribution in [2.24, 2.45) is 0 Å². The van der Waals surface area contributed by atoms with Crippen molar-refractivity contribution in [2.75, 3.05) is 11.9 Å². The van der Waals surface area contributed by atoms with Crippen molar-refractivity contribution in [2.45, 2.75) is 26.3 Å². The topological polar surface area (TPSA) is 96.3 Å². The van der Waals surface area contributed by atoms with Crippen molar-refractivity contribution in [1.82, 2.24) is 10.6 Å². The molecule has 21 heavy (non-hydrogen) atoms. The number of amides is 1. The third-order valence-electron chi connectivity index (χ3n) is 2.26. The third-order valence-corrected chi connectivity index (χ3v) is 2.51. The molecule has 0 radical (unpaired) electrons. The molecule has 3 N–H and O–H groups in total. The minimum absolute atomic E-state index is 0.00369. The number of thiocarbonyl (C=S) groups is 1. The smallest absolute Gasteiger partial charge is 0.269 e. The van der Waals surface area contributed by atoms with E-state index < -0.39 is 4.92 Å². The van der Waals surface area contributed by atoms with Crippen LogP contribution < -0.4 is 16.0 Å². The summed E-state index contributed by atoms with van der Waals surface area (Å²) in [6.45, 7) is 5.71. The SMILES string of the molecule is CC(C)(C)NC(=O)CNC(=S)Nc1ccc([N+](=O)[O-])cc1. The highest BCUT2D eigenvalue weighted by atomic mass is 32.1. The molecular formula is C13H18N4O3S. The fourth-order valence-electron chi connectivity index (χ4n) is 1.46. The van der Waals surface area contributed by atoms with Crippen LogP contribution in [0.5, 0.6) is 0 Å². The molecule has 0 aliphatic carbocycles. The maximum absolute atomic E-state index is 11.6. The van der Waals surface area contributed by atoms with Crippen LogP contribution in [0.1, 0.15) is 20.8 Å². The molecule has 0 unspecified atom stereocenters. The van der Waals surface area contributed by atoms with Gasteiger partial charge in [0.05, 0.1) is 11.5 Å². The lowest BCUT2D eigenvalue weighted by Gasteiger charge is -2.21. The Balaban J connectivity index is 2.43. The number of nitro groups is 1. The Hall–Kier alpha value is -2.22. The molecule has 114 valence electrons. The Bertz CT molecular complexity index is 537. The molecule has 0 aliphatic heterocycles. The van der Waals surface area contributed by atoms with Crippen LogP contribution in [0.3, 0.4) is 0 Å². The molecule has 1 amide bonds. The Morgan fingerprint density at radius 1 is 1.29 bits per heavy atom. The minimum atomic E-state index is -0.475. The lowest BCUT2D eigenvalue weighted by Crippen LogP contribution is -2.46. The Morgan fingerprint density at radius 2 is 1.86 bits per heavy atom. The second-order valence-electron chi connectivity index (χ2n) is 5.41. The molecule has 1 aromatic rings. The van der Waals surface area contributed by atoms with Crippen LogP contribution in [0.2, 0.25) is 0 Å². The standard InChI is InChI=1S/C13H18N4O3S/c1-13(2,3)16-11(18)8-14-12(21)15-9-4-6-10(7-5-9)17(19)20/h4-7H,8H2,1-3H3,(H,16,18)(H2,14,15,21). The summed E-state index contributed by atoms with van der Waals surface area (Å²) in [4.78, 5) is 21.7. The normalized spacial score (nSPS) is 10.6. The molecule has 7 nitrogen and oxygen atoms in total. The lowest BCUT2D eigenvalue weighted by molar-refractivity contribution is -0.384. The lowest BCUT2D eigenvalue weighted by atomic mass is 10.1. The second kappa shape index (κ2) is 6.98. The monoisotopic (exact) mass is 310 g/mol. The molecule has 1 aromatic carbocycles. The summed E-state index contributed by atoms with van der Waals surface area (Å²) in [5, 5.41) is 19.2. The summed E-state index contributed by atoms with van der Waals surface area (Å²) < 4.78 is 0. The molecule has 0 heterocycles. The molecule has 1 rings (SSSR count). The average molecular weight is 310 g/mol. The first-order valence-corrected chi connectivity index (χ1v) is 6.68. The number of hydrogen-bond acceptors (Lipinski definition) is 4. The van der Waals surface area contributed by atoms with Gasteiger partial charge in [0.15, 0.2) is 5.11 Å². The van der Waals surface area contributed by atoms with Crippen LogP contribution in [0.25, 0.3) is 0 Å². The molecular weight excluding hydrogens is 292 g/mol. The van der Waals surface area contributed by atoms with Gasteiger partial charge in [0.25, 0.3) is 5.69 Å². The van der Waals surface area contributed by atoms with Crippen LogP contribution in [-0.4, -0.2) is 28.0 Å². The summed E-state index contributed by atoms with van der Waals surface area (Å²) in [5.41, 5.74) is 0.310. The number of carbonyl (C=O) groups excluding carboxylic acids is 1. The van der Waals surface area contributed by atoms with E-state index in [2.05, 4.69) is 16.0 Å². The number of rotatable bonds is 4. The summed E-state index contributed by atoms with van der Waals surface area (Å²) in [6.07, 6.45) is 0. The molecule has 0 saturated heterocycles.